The molecule has 0 unspecified atom stereocenters. The maximum Gasteiger partial charge on any atom is 0.157 e. The lowest BCUT2D eigenvalue weighted by Gasteiger charge is -2.17. The first kappa shape index (κ1) is 22.8. The molecule has 4 rings (SSSR count). The summed E-state index contributed by atoms with van der Waals surface area (Å²) in [5, 5.41) is 19.6. The van der Waals surface area contributed by atoms with Crippen LogP contribution < -0.4 is 0 Å². The van der Waals surface area contributed by atoms with Crippen molar-refractivity contribution in [2.24, 2.45) is 0 Å². The fraction of sp³-hybridized carbons (Fsp3) is 0.360. The predicted molar refractivity (Wildman–Crippen MR) is 124 cm³/mol. The van der Waals surface area contributed by atoms with Gasteiger partial charge in [0.2, 0.25) is 0 Å². The molecular weight excluding hydrogens is 419 g/mol. The summed E-state index contributed by atoms with van der Waals surface area (Å²) in [5.41, 5.74) is 6.65. The van der Waals surface area contributed by atoms with Crippen molar-refractivity contribution in [3.8, 4) is 11.5 Å². The standard InChI is InChI=1S/C25H29FN6O/c1-15-22(17(3)31(29-15)21-9-7-19(26)8-10-21)11-20-12-24(28-14-27-20)32-18(4)23(16(2)30-32)13-25(5,6)33/h7-10,12,14,33H,11,13H2,1-6H3. The van der Waals surface area contributed by atoms with Crippen molar-refractivity contribution in [2.75, 3.05) is 0 Å². The van der Waals surface area contributed by atoms with Gasteiger partial charge in [0.15, 0.2) is 5.82 Å². The average molecular weight is 449 g/mol. The lowest BCUT2D eigenvalue weighted by Crippen LogP contribution is -2.22. The molecule has 0 atom stereocenters. The minimum absolute atomic E-state index is 0.274. The summed E-state index contributed by atoms with van der Waals surface area (Å²) in [7, 11) is 0. The molecule has 0 spiro atoms. The van der Waals surface area contributed by atoms with Crippen molar-refractivity contribution >= 4 is 0 Å². The molecule has 4 aromatic rings. The quantitative estimate of drug-likeness (QED) is 0.480. The van der Waals surface area contributed by atoms with Gasteiger partial charge in [0.25, 0.3) is 0 Å². The number of aryl methyl sites for hydroxylation is 2. The van der Waals surface area contributed by atoms with Gasteiger partial charge < -0.3 is 5.11 Å². The maximum absolute atomic E-state index is 13.3. The summed E-state index contributed by atoms with van der Waals surface area (Å²) in [6.45, 7) is 11.5. The van der Waals surface area contributed by atoms with E-state index in [1.165, 1.54) is 12.1 Å². The Hall–Kier alpha value is -3.39. The summed E-state index contributed by atoms with van der Waals surface area (Å²) in [6.07, 6.45) is 2.65. The van der Waals surface area contributed by atoms with E-state index in [1.54, 1.807) is 32.3 Å². The summed E-state index contributed by atoms with van der Waals surface area (Å²) < 4.78 is 17.0. The second-order valence-electron chi connectivity index (χ2n) is 9.13. The normalized spacial score (nSPS) is 11.9. The molecule has 3 aromatic heterocycles. The van der Waals surface area contributed by atoms with Crippen molar-refractivity contribution in [1.82, 2.24) is 29.5 Å². The van der Waals surface area contributed by atoms with Gasteiger partial charge in [-0.3, -0.25) is 0 Å². The van der Waals surface area contributed by atoms with Crippen LogP contribution in [-0.4, -0.2) is 40.2 Å². The van der Waals surface area contributed by atoms with Gasteiger partial charge in [0.1, 0.15) is 12.1 Å². The van der Waals surface area contributed by atoms with Crippen LogP contribution in [0, 0.1) is 33.5 Å². The zero-order valence-corrected chi connectivity index (χ0v) is 19.9. The molecule has 3 heterocycles. The van der Waals surface area contributed by atoms with Crippen LogP contribution in [0.1, 0.15) is 53.4 Å². The smallest absolute Gasteiger partial charge is 0.157 e. The lowest BCUT2D eigenvalue weighted by atomic mass is 9.97. The van der Waals surface area contributed by atoms with Crippen LogP contribution in [0.5, 0.6) is 0 Å². The van der Waals surface area contributed by atoms with E-state index >= 15 is 0 Å². The molecule has 172 valence electrons. The van der Waals surface area contributed by atoms with E-state index in [0.717, 1.165) is 45.3 Å². The van der Waals surface area contributed by atoms with Gasteiger partial charge in [0.05, 0.1) is 28.4 Å². The van der Waals surface area contributed by atoms with E-state index in [2.05, 4.69) is 20.2 Å². The van der Waals surface area contributed by atoms with E-state index in [0.29, 0.717) is 18.7 Å². The highest BCUT2D eigenvalue weighted by Gasteiger charge is 2.21. The van der Waals surface area contributed by atoms with Crippen molar-refractivity contribution in [2.45, 2.75) is 60.0 Å². The van der Waals surface area contributed by atoms with Gasteiger partial charge in [-0.25, -0.2) is 23.7 Å². The number of nitrogens with zero attached hydrogens (tertiary/aromatic N) is 6. The van der Waals surface area contributed by atoms with Crippen LogP contribution in [0.15, 0.2) is 36.7 Å². The first-order valence-corrected chi connectivity index (χ1v) is 10.9. The summed E-state index contributed by atoms with van der Waals surface area (Å²) in [5.74, 6) is 0.410. The Kier molecular flexibility index (Phi) is 5.88. The molecule has 1 N–H and O–H groups in total. The van der Waals surface area contributed by atoms with Crippen LogP contribution in [0.2, 0.25) is 0 Å². The van der Waals surface area contributed by atoms with Gasteiger partial charge in [0, 0.05) is 35.9 Å². The van der Waals surface area contributed by atoms with Gasteiger partial charge >= 0.3 is 0 Å². The molecule has 0 aliphatic carbocycles. The fourth-order valence-corrected chi connectivity index (χ4v) is 4.13. The zero-order valence-electron chi connectivity index (χ0n) is 19.9. The Morgan fingerprint density at radius 1 is 0.879 bits per heavy atom. The van der Waals surface area contributed by atoms with E-state index in [4.69, 9.17) is 0 Å². The fourth-order valence-electron chi connectivity index (χ4n) is 4.13. The average Bonchev–Trinajstić information content (AvgIpc) is 3.18. The number of hydrogen-bond acceptors (Lipinski definition) is 5. The molecule has 8 heteroatoms. The Morgan fingerprint density at radius 3 is 2.15 bits per heavy atom. The number of aromatic nitrogens is 6. The topological polar surface area (TPSA) is 81.7 Å². The molecule has 0 radical (unpaired) electrons. The van der Waals surface area contributed by atoms with Crippen molar-refractivity contribution in [1.29, 1.82) is 0 Å². The molecule has 0 fully saturated rings. The van der Waals surface area contributed by atoms with Gasteiger partial charge in [-0.1, -0.05) is 0 Å². The zero-order chi connectivity index (χ0) is 23.9. The number of benzene rings is 1. The lowest BCUT2D eigenvalue weighted by molar-refractivity contribution is 0.0806. The summed E-state index contributed by atoms with van der Waals surface area (Å²) in [4.78, 5) is 8.91. The second-order valence-corrected chi connectivity index (χ2v) is 9.13. The van der Waals surface area contributed by atoms with Crippen molar-refractivity contribution < 1.29 is 9.50 Å². The van der Waals surface area contributed by atoms with Gasteiger partial charge in [-0.15, -0.1) is 0 Å². The Labute approximate surface area is 193 Å². The van der Waals surface area contributed by atoms with E-state index in [9.17, 15) is 9.50 Å². The van der Waals surface area contributed by atoms with Crippen LogP contribution in [0.4, 0.5) is 4.39 Å². The van der Waals surface area contributed by atoms with Crippen molar-refractivity contribution in [3.05, 3.63) is 82.1 Å². The third-order valence-corrected chi connectivity index (χ3v) is 5.85. The number of hydrogen-bond donors (Lipinski definition) is 1. The number of rotatable bonds is 6. The van der Waals surface area contributed by atoms with Crippen LogP contribution in [0.25, 0.3) is 11.5 Å². The van der Waals surface area contributed by atoms with E-state index < -0.39 is 5.60 Å². The molecule has 0 bridgehead atoms. The van der Waals surface area contributed by atoms with Crippen molar-refractivity contribution in [3.63, 3.8) is 0 Å². The third-order valence-electron chi connectivity index (χ3n) is 5.85. The highest BCUT2D eigenvalue weighted by atomic mass is 19.1. The number of halogens is 1. The monoisotopic (exact) mass is 448 g/mol. The molecule has 0 amide bonds. The summed E-state index contributed by atoms with van der Waals surface area (Å²) >= 11 is 0. The molecular formula is C25H29FN6O. The van der Waals surface area contributed by atoms with E-state index in [-0.39, 0.29) is 5.82 Å². The summed E-state index contributed by atoms with van der Waals surface area (Å²) in [6, 6.07) is 8.23. The molecule has 0 aliphatic heterocycles. The highest BCUT2D eigenvalue weighted by Crippen LogP contribution is 2.24. The molecule has 7 nitrogen and oxygen atoms in total. The minimum atomic E-state index is -0.819. The first-order valence-electron chi connectivity index (χ1n) is 10.9. The SMILES string of the molecule is Cc1nn(-c2ccc(F)cc2)c(C)c1Cc1cc(-n2nc(C)c(CC(C)(C)O)c2C)ncn1. The van der Waals surface area contributed by atoms with E-state index in [1.807, 2.05) is 43.1 Å². The molecule has 1 aromatic carbocycles. The Balaban J connectivity index is 1.65. The Morgan fingerprint density at radius 2 is 1.48 bits per heavy atom. The number of aliphatic hydroxyl groups is 1. The van der Waals surface area contributed by atoms with Crippen LogP contribution >= 0.6 is 0 Å². The van der Waals surface area contributed by atoms with Gasteiger partial charge in [-0.2, -0.15) is 10.2 Å². The van der Waals surface area contributed by atoms with Crippen LogP contribution in [-0.2, 0) is 12.8 Å². The molecule has 0 aliphatic rings. The van der Waals surface area contributed by atoms with Gasteiger partial charge in [-0.05, 0) is 71.4 Å². The predicted octanol–water partition coefficient (Wildman–Crippen LogP) is 4.12. The highest BCUT2D eigenvalue weighted by molar-refractivity contribution is 5.40. The largest absolute Gasteiger partial charge is 0.390 e. The molecule has 0 saturated heterocycles. The maximum atomic E-state index is 13.3. The molecule has 33 heavy (non-hydrogen) atoms. The first-order chi connectivity index (χ1) is 15.5. The minimum Gasteiger partial charge on any atom is -0.390 e. The second kappa shape index (κ2) is 8.51. The third kappa shape index (κ3) is 4.71. The van der Waals surface area contributed by atoms with Crippen LogP contribution in [0.3, 0.4) is 0 Å². The Bertz CT molecular complexity index is 1300. The molecule has 0 saturated carbocycles.